The van der Waals surface area contributed by atoms with E-state index in [1.807, 2.05) is 6.07 Å². The van der Waals surface area contributed by atoms with Crippen LogP contribution in [0.1, 0.15) is 18.4 Å². The first-order chi connectivity index (χ1) is 13.6. The maximum Gasteiger partial charge on any atom is 0.330 e. The highest BCUT2D eigenvalue weighted by atomic mass is 19.1. The highest BCUT2D eigenvalue weighted by Gasteiger charge is 2.23. The first-order valence-corrected chi connectivity index (χ1v) is 9.31. The summed E-state index contributed by atoms with van der Waals surface area (Å²) in [4.78, 5) is 29.4. The van der Waals surface area contributed by atoms with E-state index in [4.69, 9.17) is 4.74 Å². The molecule has 3 aromatic rings. The number of ether oxygens (including phenoxy) is 1. The Hall–Kier alpha value is -3.00. The number of fused-ring (bicyclic) bond motifs is 1. The molecule has 146 valence electrons. The van der Waals surface area contributed by atoms with Gasteiger partial charge in [0.2, 0.25) is 5.91 Å². The third-order valence-corrected chi connectivity index (χ3v) is 4.89. The Labute approximate surface area is 160 Å². The van der Waals surface area contributed by atoms with E-state index in [1.165, 1.54) is 12.1 Å². The Balaban J connectivity index is 1.54. The van der Waals surface area contributed by atoms with Gasteiger partial charge in [0.15, 0.2) is 5.65 Å². The predicted octanol–water partition coefficient (Wildman–Crippen LogP) is 1.68. The average Bonchev–Trinajstić information content (AvgIpc) is 3.33. The van der Waals surface area contributed by atoms with E-state index < -0.39 is 6.10 Å². The molecule has 1 fully saturated rings. The molecule has 3 heterocycles. The number of carbonyl (C=O) groups excluding carboxylic acids is 1. The van der Waals surface area contributed by atoms with Gasteiger partial charge in [0.05, 0.1) is 12.1 Å². The standard InChI is InChI=1S/C20H21FN4O3/c21-15-7-5-14(6-8-15)13-25-16-3-1-9-22-18(16)24(20(25)27)11-10-23-19(26)17-4-2-12-28-17/h1,3,5-9,17H,2,4,10-13H2,(H,23,26)/t17-/m1/s1. The molecule has 1 amide bonds. The van der Waals surface area contributed by atoms with Gasteiger partial charge in [-0.2, -0.15) is 0 Å². The van der Waals surface area contributed by atoms with Crippen molar-refractivity contribution in [1.82, 2.24) is 19.4 Å². The minimum absolute atomic E-state index is 0.145. The van der Waals surface area contributed by atoms with Crippen molar-refractivity contribution < 1.29 is 13.9 Å². The molecule has 0 unspecified atom stereocenters. The molecular weight excluding hydrogens is 363 g/mol. The summed E-state index contributed by atoms with van der Waals surface area (Å²) in [6, 6.07) is 9.66. The number of hydrogen-bond acceptors (Lipinski definition) is 4. The number of amides is 1. The van der Waals surface area contributed by atoms with Crippen molar-refractivity contribution in [3.8, 4) is 0 Å². The lowest BCUT2D eigenvalue weighted by Gasteiger charge is -2.10. The Morgan fingerprint density at radius 3 is 2.82 bits per heavy atom. The molecule has 0 saturated carbocycles. The number of aromatic nitrogens is 3. The number of benzene rings is 1. The molecule has 1 aliphatic rings. The Morgan fingerprint density at radius 1 is 1.25 bits per heavy atom. The summed E-state index contributed by atoms with van der Waals surface area (Å²) in [5.74, 6) is -0.462. The number of halogens is 1. The van der Waals surface area contributed by atoms with Gasteiger partial charge in [0.25, 0.3) is 0 Å². The number of nitrogens with one attached hydrogen (secondary N) is 1. The molecule has 4 rings (SSSR count). The summed E-state index contributed by atoms with van der Waals surface area (Å²) < 4.78 is 21.7. The van der Waals surface area contributed by atoms with Gasteiger partial charge in [-0.05, 0) is 42.7 Å². The van der Waals surface area contributed by atoms with E-state index in [1.54, 1.807) is 33.5 Å². The van der Waals surface area contributed by atoms with Crippen LogP contribution in [0.15, 0.2) is 47.4 Å². The Kier molecular flexibility index (Phi) is 5.21. The molecule has 28 heavy (non-hydrogen) atoms. The van der Waals surface area contributed by atoms with Gasteiger partial charge in [-0.3, -0.25) is 13.9 Å². The molecule has 1 atom stereocenters. The molecule has 0 spiro atoms. The monoisotopic (exact) mass is 384 g/mol. The van der Waals surface area contributed by atoms with Crippen LogP contribution in [0.25, 0.3) is 11.2 Å². The predicted molar refractivity (Wildman–Crippen MR) is 101 cm³/mol. The normalized spacial score (nSPS) is 16.5. The lowest BCUT2D eigenvalue weighted by Crippen LogP contribution is -2.37. The van der Waals surface area contributed by atoms with E-state index in [0.29, 0.717) is 37.4 Å². The van der Waals surface area contributed by atoms with Crippen LogP contribution < -0.4 is 11.0 Å². The van der Waals surface area contributed by atoms with Crippen LogP contribution >= 0.6 is 0 Å². The maximum atomic E-state index is 13.2. The SMILES string of the molecule is O=C(NCCn1c(=O)n(Cc2ccc(F)cc2)c2cccnc21)[C@H]1CCCO1. The molecule has 7 nitrogen and oxygen atoms in total. The maximum absolute atomic E-state index is 13.2. The summed E-state index contributed by atoms with van der Waals surface area (Å²) in [6.45, 7) is 1.54. The minimum Gasteiger partial charge on any atom is -0.368 e. The van der Waals surface area contributed by atoms with Crippen molar-refractivity contribution in [2.75, 3.05) is 13.2 Å². The fourth-order valence-corrected chi connectivity index (χ4v) is 3.46. The smallest absolute Gasteiger partial charge is 0.330 e. The first kappa shape index (κ1) is 18.4. The zero-order valence-electron chi connectivity index (χ0n) is 15.3. The largest absolute Gasteiger partial charge is 0.368 e. The van der Waals surface area contributed by atoms with E-state index in [-0.39, 0.29) is 17.4 Å². The number of nitrogens with zero attached hydrogens (tertiary/aromatic N) is 3. The Morgan fingerprint density at radius 2 is 2.07 bits per heavy atom. The molecule has 0 bridgehead atoms. The Bertz CT molecular complexity index is 1040. The van der Waals surface area contributed by atoms with Crippen LogP contribution in [0.4, 0.5) is 4.39 Å². The second-order valence-corrected chi connectivity index (χ2v) is 6.79. The van der Waals surface area contributed by atoms with E-state index >= 15 is 0 Å². The van der Waals surface area contributed by atoms with Gasteiger partial charge < -0.3 is 10.1 Å². The number of pyridine rings is 1. The number of imidazole rings is 1. The molecular formula is C20H21FN4O3. The minimum atomic E-state index is -0.394. The summed E-state index contributed by atoms with van der Waals surface area (Å²) >= 11 is 0. The fraction of sp³-hybridized carbons (Fsp3) is 0.350. The van der Waals surface area contributed by atoms with Crippen molar-refractivity contribution >= 4 is 17.1 Å². The quantitative estimate of drug-likeness (QED) is 0.701. The lowest BCUT2D eigenvalue weighted by atomic mass is 10.2. The summed E-state index contributed by atoms with van der Waals surface area (Å²) in [7, 11) is 0. The molecule has 2 aromatic heterocycles. The van der Waals surface area contributed by atoms with E-state index in [0.717, 1.165) is 18.4 Å². The third kappa shape index (κ3) is 3.68. The fourth-order valence-electron chi connectivity index (χ4n) is 3.46. The van der Waals surface area contributed by atoms with E-state index in [9.17, 15) is 14.0 Å². The van der Waals surface area contributed by atoms with Crippen molar-refractivity contribution in [3.05, 3.63) is 64.5 Å². The van der Waals surface area contributed by atoms with Crippen molar-refractivity contribution in [2.45, 2.75) is 32.0 Å². The molecule has 1 saturated heterocycles. The highest BCUT2D eigenvalue weighted by Crippen LogP contribution is 2.13. The zero-order valence-corrected chi connectivity index (χ0v) is 15.3. The van der Waals surface area contributed by atoms with Gasteiger partial charge in [0, 0.05) is 25.9 Å². The van der Waals surface area contributed by atoms with Crippen molar-refractivity contribution in [2.24, 2.45) is 0 Å². The van der Waals surface area contributed by atoms with Crippen molar-refractivity contribution in [3.63, 3.8) is 0 Å². The van der Waals surface area contributed by atoms with Gasteiger partial charge in [-0.25, -0.2) is 14.2 Å². The van der Waals surface area contributed by atoms with Crippen molar-refractivity contribution in [1.29, 1.82) is 0 Å². The lowest BCUT2D eigenvalue weighted by molar-refractivity contribution is -0.130. The molecule has 1 aromatic carbocycles. The van der Waals surface area contributed by atoms with Gasteiger partial charge >= 0.3 is 5.69 Å². The van der Waals surface area contributed by atoms with E-state index in [2.05, 4.69) is 10.3 Å². The number of hydrogen-bond donors (Lipinski definition) is 1. The molecule has 8 heteroatoms. The van der Waals surface area contributed by atoms with Gasteiger partial charge in [-0.15, -0.1) is 0 Å². The van der Waals surface area contributed by atoms with Crippen LogP contribution in [0.2, 0.25) is 0 Å². The summed E-state index contributed by atoms with van der Waals surface area (Å²) in [5.41, 5.74) is 1.85. The second kappa shape index (κ2) is 7.93. The zero-order chi connectivity index (χ0) is 19.5. The van der Waals surface area contributed by atoms with Gasteiger partial charge in [0.1, 0.15) is 11.9 Å². The van der Waals surface area contributed by atoms with Crippen LogP contribution in [-0.2, 0) is 22.6 Å². The summed E-state index contributed by atoms with van der Waals surface area (Å²) in [6.07, 6.45) is 2.85. The van der Waals surface area contributed by atoms with Crippen LogP contribution in [0.3, 0.4) is 0 Å². The average molecular weight is 384 g/mol. The molecule has 1 N–H and O–H groups in total. The summed E-state index contributed by atoms with van der Waals surface area (Å²) in [5, 5.41) is 2.83. The molecule has 0 aliphatic carbocycles. The second-order valence-electron chi connectivity index (χ2n) is 6.79. The first-order valence-electron chi connectivity index (χ1n) is 9.31. The number of rotatable bonds is 6. The van der Waals surface area contributed by atoms with Crippen LogP contribution in [-0.4, -0.2) is 39.3 Å². The van der Waals surface area contributed by atoms with Crippen LogP contribution in [0.5, 0.6) is 0 Å². The molecule has 1 aliphatic heterocycles. The van der Waals surface area contributed by atoms with Gasteiger partial charge in [-0.1, -0.05) is 12.1 Å². The highest BCUT2D eigenvalue weighted by molar-refractivity contribution is 5.81. The number of carbonyl (C=O) groups is 1. The van der Waals surface area contributed by atoms with Crippen LogP contribution in [0, 0.1) is 5.82 Å². The third-order valence-electron chi connectivity index (χ3n) is 4.89. The molecule has 0 radical (unpaired) electrons. The topological polar surface area (TPSA) is 78.2 Å².